The van der Waals surface area contributed by atoms with Gasteiger partial charge in [0.2, 0.25) is 0 Å². The first-order valence-corrected chi connectivity index (χ1v) is 12.8. The maximum Gasteiger partial charge on any atom is 0.146 e. The predicted molar refractivity (Wildman–Crippen MR) is 125 cm³/mol. The Bertz CT molecular complexity index is 640. The molecule has 0 spiro atoms. The summed E-state index contributed by atoms with van der Waals surface area (Å²) in [5.41, 5.74) is 2.66. The van der Waals surface area contributed by atoms with E-state index in [1.807, 2.05) is 0 Å². The molecule has 0 aliphatic heterocycles. The quantitative estimate of drug-likeness (QED) is 0.334. The second kappa shape index (κ2) is 10.1. The van der Waals surface area contributed by atoms with Gasteiger partial charge in [0.05, 0.1) is 0 Å². The van der Waals surface area contributed by atoms with Gasteiger partial charge in [-0.15, -0.1) is 0 Å². The summed E-state index contributed by atoms with van der Waals surface area (Å²) in [6, 6.07) is 22.5. The fourth-order valence-corrected chi connectivity index (χ4v) is 9.20. The van der Waals surface area contributed by atoms with Gasteiger partial charge in [-0.2, -0.15) is 0 Å². The summed E-state index contributed by atoms with van der Waals surface area (Å²) < 4.78 is 0. The van der Waals surface area contributed by atoms with Crippen LogP contribution < -0.4 is 10.4 Å². The van der Waals surface area contributed by atoms with Gasteiger partial charge < -0.3 is 0 Å². The van der Waals surface area contributed by atoms with E-state index >= 15 is 0 Å². The second-order valence-electron chi connectivity index (χ2n) is 8.81. The molecule has 1 atom stereocenters. The van der Waals surface area contributed by atoms with Gasteiger partial charge in [0, 0.05) is 0 Å². The fourth-order valence-electron chi connectivity index (χ4n) is 4.25. The highest BCUT2D eigenvalue weighted by molar-refractivity contribution is 7.07. The van der Waals surface area contributed by atoms with Crippen molar-refractivity contribution in [2.24, 2.45) is 5.92 Å². The molecule has 0 saturated carbocycles. The normalized spacial score (nSPS) is 13.8. The number of allylic oxidation sites excluding steroid dienone is 1. The van der Waals surface area contributed by atoms with Crippen molar-refractivity contribution < 1.29 is 0 Å². The topological polar surface area (TPSA) is 0 Å². The van der Waals surface area contributed by atoms with Crippen molar-refractivity contribution in [1.82, 2.24) is 0 Å². The van der Waals surface area contributed by atoms with E-state index in [2.05, 4.69) is 107 Å². The summed E-state index contributed by atoms with van der Waals surface area (Å²) in [6.07, 6.45) is 9.13. The van der Waals surface area contributed by atoms with E-state index in [1.165, 1.54) is 42.5 Å². The molecule has 0 bridgehead atoms. The van der Waals surface area contributed by atoms with Crippen LogP contribution in [0.15, 0.2) is 72.4 Å². The maximum absolute atomic E-state index is 2.66. The van der Waals surface area contributed by atoms with Crippen LogP contribution in [-0.2, 0) is 0 Å². The maximum atomic E-state index is 2.66. The molecule has 146 valence electrons. The smallest absolute Gasteiger partial charge is 0.0892 e. The zero-order chi connectivity index (χ0) is 19.8. The first kappa shape index (κ1) is 21.7. The minimum absolute atomic E-state index is 0.202. The molecule has 0 saturated heterocycles. The van der Waals surface area contributed by atoms with Gasteiger partial charge >= 0.3 is 0 Å². The van der Waals surface area contributed by atoms with Crippen molar-refractivity contribution >= 4 is 18.4 Å². The zero-order valence-corrected chi connectivity index (χ0v) is 19.0. The molecule has 2 aromatic carbocycles. The van der Waals surface area contributed by atoms with Crippen LogP contribution in [0, 0.1) is 5.92 Å². The molecular weight excluding hydrogens is 340 g/mol. The predicted octanol–water partition coefficient (Wildman–Crippen LogP) is 6.75. The molecule has 2 aromatic rings. The third-order valence-corrected chi connectivity index (χ3v) is 11.5. The van der Waals surface area contributed by atoms with E-state index in [4.69, 9.17) is 0 Å². The van der Waals surface area contributed by atoms with E-state index < -0.39 is 8.07 Å². The minimum atomic E-state index is -2.06. The average molecular weight is 379 g/mol. The van der Waals surface area contributed by atoms with E-state index in [-0.39, 0.29) is 5.04 Å². The molecule has 0 amide bonds. The Hall–Kier alpha value is -1.60. The van der Waals surface area contributed by atoms with Crippen molar-refractivity contribution in [3.05, 3.63) is 72.4 Å². The Morgan fingerprint density at radius 3 is 1.74 bits per heavy atom. The molecule has 1 heteroatoms. The van der Waals surface area contributed by atoms with Crippen LogP contribution in [0.4, 0.5) is 0 Å². The van der Waals surface area contributed by atoms with Crippen molar-refractivity contribution in [3.8, 4) is 0 Å². The summed E-state index contributed by atoms with van der Waals surface area (Å²) in [7, 11) is -2.06. The Balaban J connectivity index is 2.53. The van der Waals surface area contributed by atoms with E-state index in [0.29, 0.717) is 5.92 Å². The third-order valence-electron chi connectivity index (χ3n) is 5.96. The minimum Gasteiger partial charge on any atom is -0.0892 e. The van der Waals surface area contributed by atoms with Gasteiger partial charge in [-0.3, -0.25) is 0 Å². The molecule has 0 radical (unpaired) electrons. The van der Waals surface area contributed by atoms with Crippen LogP contribution >= 0.6 is 0 Å². The van der Waals surface area contributed by atoms with Crippen molar-refractivity contribution in [2.75, 3.05) is 0 Å². The monoisotopic (exact) mass is 378 g/mol. The molecule has 0 heterocycles. The van der Waals surface area contributed by atoms with Crippen LogP contribution in [0.25, 0.3) is 0 Å². The molecule has 0 aliphatic rings. The van der Waals surface area contributed by atoms with Crippen molar-refractivity contribution in [3.63, 3.8) is 0 Å². The lowest BCUT2D eigenvalue weighted by Gasteiger charge is -2.42. The number of rotatable bonds is 9. The van der Waals surface area contributed by atoms with Gasteiger partial charge in [-0.1, -0.05) is 126 Å². The summed E-state index contributed by atoms with van der Waals surface area (Å²) in [5.74, 6) is 0.693. The lowest BCUT2D eigenvalue weighted by Crippen LogP contribution is -2.63. The Labute approximate surface area is 168 Å². The van der Waals surface area contributed by atoms with Crippen LogP contribution in [0.3, 0.4) is 0 Å². The van der Waals surface area contributed by atoms with Gasteiger partial charge in [0.1, 0.15) is 8.07 Å². The number of hydrogen-bond donors (Lipinski definition) is 0. The van der Waals surface area contributed by atoms with E-state index in [0.717, 1.165) is 0 Å². The van der Waals surface area contributed by atoms with Crippen molar-refractivity contribution in [1.29, 1.82) is 0 Å². The van der Waals surface area contributed by atoms with Crippen LogP contribution in [0.2, 0.25) is 5.04 Å². The zero-order valence-electron chi connectivity index (χ0n) is 18.0. The highest BCUT2D eigenvalue weighted by Crippen LogP contribution is 2.37. The summed E-state index contributed by atoms with van der Waals surface area (Å²) in [5, 5.41) is 3.24. The number of unbranched alkanes of at least 4 members (excludes halogenated alkanes) is 2. The first-order chi connectivity index (χ1) is 13.0. The lowest BCUT2D eigenvalue weighted by molar-refractivity contribution is 0.527. The highest BCUT2D eigenvalue weighted by Gasteiger charge is 2.45. The van der Waals surface area contributed by atoms with Gasteiger partial charge in [0.25, 0.3) is 0 Å². The molecule has 0 unspecified atom stereocenters. The Morgan fingerprint density at radius 2 is 1.33 bits per heavy atom. The molecule has 0 aromatic heterocycles. The van der Waals surface area contributed by atoms with E-state index in [9.17, 15) is 0 Å². The molecule has 2 rings (SSSR count). The Morgan fingerprint density at radius 1 is 0.815 bits per heavy atom. The van der Waals surface area contributed by atoms with Gasteiger partial charge in [-0.25, -0.2) is 0 Å². The molecule has 0 fully saturated rings. The summed E-state index contributed by atoms with van der Waals surface area (Å²) >= 11 is 0. The number of benzene rings is 2. The number of hydrogen-bond acceptors (Lipinski definition) is 0. The molecule has 0 nitrogen and oxygen atoms in total. The van der Waals surface area contributed by atoms with Crippen LogP contribution in [0.1, 0.15) is 66.7 Å². The molecule has 0 aliphatic carbocycles. The SMILES string of the molecule is CCCCC[C@@H](/C=C/[Si](c1ccccc1)(c1ccccc1)C(C)(C)C)CC. The third kappa shape index (κ3) is 5.22. The second-order valence-corrected chi connectivity index (χ2v) is 13.4. The average Bonchev–Trinajstić information content (AvgIpc) is 2.67. The van der Waals surface area contributed by atoms with E-state index in [1.54, 1.807) is 0 Å². The van der Waals surface area contributed by atoms with Crippen molar-refractivity contribution in [2.45, 2.75) is 71.8 Å². The van der Waals surface area contributed by atoms with Crippen LogP contribution in [-0.4, -0.2) is 8.07 Å². The highest BCUT2D eigenvalue weighted by atomic mass is 28.3. The lowest BCUT2D eigenvalue weighted by atomic mass is 9.99. The largest absolute Gasteiger partial charge is 0.146 e. The van der Waals surface area contributed by atoms with Gasteiger partial charge in [0.15, 0.2) is 0 Å². The molecular formula is C26H38Si. The summed E-state index contributed by atoms with van der Waals surface area (Å²) in [4.78, 5) is 0. The van der Waals surface area contributed by atoms with Crippen LogP contribution in [0.5, 0.6) is 0 Å². The Kier molecular flexibility index (Phi) is 8.10. The van der Waals surface area contributed by atoms with Gasteiger partial charge in [-0.05, 0) is 34.2 Å². The fraction of sp³-hybridized carbons (Fsp3) is 0.462. The first-order valence-electron chi connectivity index (χ1n) is 10.8. The molecule has 0 N–H and O–H groups in total. The standard InChI is InChI=1S/C26H38Si/c1-6-8-11-16-23(7-2)21-22-27(26(3,4)5,24-17-12-9-13-18-24)25-19-14-10-15-20-25/h9-10,12-15,17-23H,6-8,11,16H2,1-5H3/b22-21+/t23-/m0/s1. The molecule has 27 heavy (non-hydrogen) atoms. The summed E-state index contributed by atoms with van der Waals surface area (Å²) in [6.45, 7) is 11.9.